The van der Waals surface area contributed by atoms with Crippen LogP contribution in [0.2, 0.25) is 10.0 Å². The molecule has 0 fully saturated rings. The van der Waals surface area contributed by atoms with Crippen molar-refractivity contribution in [1.29, 1.82) is 0 Å². The molecule has 2 N–H and O–H groups in total. The fourth-order valence-corrected chi connectivity index (χ4v) is 2.07. The summed E-state index contributed by atoms with van der Waals surface area (Å²) in [7, 11) is 0. The lowest BCUT2D eigenvalue weighted by Gasteiger charge is -2.08. The van der Waals surface area contributed by atoms with Crippen LogP contribution in [-0.2, 0) is 0 Å². The number of carboxylic acids is 1. The highest BCUT2D eigenvalue weighted by molar-refractivity contribution is 6.40. The van der Waals surface area contributed by atoms with E-state index in [1.807, 2.05) is 0 Å². The average Bonchev–Trinajstić information content (AvgIpc) is 2.39. The van der Waals surface area contributed by atoms with Crippen molar-refractivity contribution in [2.75, 3.05) is 5.32 Å². The number of hydrogen-bond donors (Lipinski definition) is 2. The number of nitrogens with one attached hydrogen (secondary N) is 1. The zero-order valence-corrected chi connectivity index (χ0v) is 11.4. The fourth-order valence-electron chi connectivity index (χ4n) is 1.50. The number of amides is 1. The van der Waals surface area contributed by atoms with Crippen LogP contribution in [0.15, 0.2) is 36.5 Å². The van der Waals surface area contributed by atoms with Gasteiger partial charge in [0.2, 0.25) is 0 Å². The Kier molecular flexibility index (Phi) is 4.22. The van der Waals surface area contributed by atoms with Gasteiger partial charge in [-0.25, -0.2) is 9.78 Å². The number of pyridine rings is 1. The normalized spacial score (nSPS) is 10.1. The number of nitrogens with zero attached hydrogens (tertiary/aromatic N) is 1. The molecule has 1 amide bonds. The lowest BCUT2D eigenvalue weighted by molar-refractivity contribution is 0.0690. The molecule has 2 aromatic rings. The molecule has 2 rings (SSSR count). The first kappa shape index (κ1) is 14.3. The molecule has 0 radical (unpaired) electrons. The average molecular weight is 311 g/mol. The van der Waals surface area contributed by atoms with Crippen molar-refractivity contribution in [3.8, 4) is 0 Å². The number of aromatic carboxylic acids is 1. The largest absolute Gasteiger partial charge is 0.477 e. The third kappa shape index (κ3) is 3.07. The molecule has 0 saturated heterocycles. The third-order valence-electron chi connectivity index (χ3n) is 2.43. The molecule has 0 bridgehead atoms. The maximum Gasteiger partial charge on any atom is 0.354 e. The van der Waals surface area contributed by atoms with Gasteiger partial charge in [-0.3, -0.25) is 4.79 Å². The molecule has 0 saturated carbocycles. The Bertz CT molecular complexity index is 652. The molecular formula is C13H8Cl2N2O3. The topological polar surface area (TPSA) is 79.3 Å². The highest BCUT2D eigenvalue weighted by atomic mass is 35.5. The van der Waals surface area contributed by atoms with E-state index in [1.54, 1.807) is 18.2 Å². The van der Waals surface area contributed by atoms with Gasteiger partial charge in [-0.15, -0.1) is 0 Å². The minimum absolute atomic E-state index is 0.112. The summed E-state index contributed by atoms with van der Waals surface area (Å²) in [5.74, 6) is -1.64. The Labute approximate surface area is 124 Å². The molecule has 0 atom stereocenters. The van der Waals surface area contributed by atoms with Crippen LogP contribution in [-0.4, -0.2) is 22.0 Å². The van der Waals surface area contributed by atoms with Crippen LogP contribution in [0, 0.1) is 0 Å². The summed E-state index contributed by atoms with van der Waals surface area (Å²) in [5.41, 5.74) is 0.382. The van der Waals surface area contributed by atoms with Gasteiger partial charge in [-0.1, -0.05) is 29.3 Å². The fraction of sp³-hybridized carbons (Fsp3) is 0. The van der Waals surface area contributed by atoms with Crippen molar-refractivity contribution in [1.82, 2.24) is 4.98 Å². The molecule has 0 aliphatic carbocycles. The van der Waals surface area contributed by atoms with E-state index in [4.69, 9.17) is 28.3 Å². The first-order chi connectivity index (χ1) is 9.49. The maximum absolute atomic E-state index is 12.1. The van der Waals surface area contributed by atoms with Crippen LogP contribution in [0.5, 0.6) is 0 Å². The molecule has 102 valence electrons. The van der Waals surface area contributed by atoms with Crippen LogP contribution >= 0.6 is 23.2 Å². The van der Waals surface area contributed by atoms with Gasteiger partial charge in [0, 0.05) is 0 Å². The van der Waals surface area contributed by atoms with Gasteiger partial charge in [0.15, 0.2) is 0 Å². The zero-order chi connectivity index (χ0) is 14.7. The molecule has 0 unspecified atom stereocenters. The van der Waals surface area contributed by atoms with Crippen molar-refractivity contribution in [3.05, 3.63) is 57.8 Å². The SMILES string of the molecule is O=C(O)c1ccc(NC(=O)c2c(Cl)cccc2Cl)cn1. The number of carboxylic acid groups (broad SMARTS) is 1. The summed E-state index contributed by atoms with van der Waals surface area (Å²) in [6.45, 7) is 0. The Hall–Kier alpha value is -2.11. The van der Waals surface area contributed by atoms with Crippen molar-refractivity contribution in [3.63, 3.8) is 0 Å². The minimum atomic E-state index is -1.14. The monoisotopic (exact) mass is 310 g/mol. The van der Waals surface area contributed by atoms with E-state index in [-0.39, 0.29) is 21.3 Å². The number of anilines is 1. The van der Waals surface area contributed by atoms with Gasteiger partial charge in [-0.2, -0.15) is 0 Å². The number of carbonyl (C=O) groups is 2. The van der Waals surface area contributed by atoms with E-state index in [1.165, 1.54) is 18.3 Å². The Balaban J connectivity index is 2.21. The van der Waals surface area contributed by atoms with E-state index >= 15 is 0 Å². The van der Waals surface area contributed by atoms with Crippen LogP contribution < -0.4 is 5.32 Å². The molecule has 0 spiro atoms. The first-order valence-corrected chi connectivity index (χ1v) is 6.19. The number of carbonyl (C=O) groups excluding carboxylic acids is 1. The first-order valence-electron chi connectivity index (χ1n) is 5.44. The molecule has 20 heavy (non-hydrogen) atoms. The van der Waals surface area contributed by atoms with Gasteiger partial charge < -0.3 is 10.4 Å². The van der Waals surface area contributed by atoms with Gasteiger partial charge in [0.25, 0.3) is 5.91 Å². The molecular weight excluding hydrogens is 303 g/mol. The van der Waals surface area contributed by atoms with Gasteiger partial charge in [0.1, 0.15) is 5.69 Å². The summed E-state index contributed by atoms with van der Waals surface area (Å²) < 4.78 is 0. The van der Waals surface area contributed by atoms with E-state index in [0.29, 0.717) is 5.69 Å². The van der Waals surface area contributed by atoms with Crippen LogP contribution in [0.3, 0.4) is 0 Å². The summed E-state index contributed by atoms with van der Waals surface area (Å²) in [6, 6.07) is 7.44. The second kappa shape index (κ2) is 5.90. The van der Waals surface area contributed by atoms with Gasteiger partial charge in [-0.05, 0) is 24.3 Å². The van der Waals surface area contributed by atoms with E-state index in [9.17, 15) is 9.59 Å². The highest BCUT2D eigenvalue weighted by Crippen LogP contribution is 2.25. The Morgan fingerprint density at radius 3 is 2.25 bits per heavy atom. The molecule has 1 aromatic heterocycles. The lowest BCUT2D eigenvalue weighted by atomic mass is 10.2. The second-order valence-corrected chi connectivity index (χ2v) is 4.60. The molecule has 0 aliphatic heterocycles. The minimum Gasteiger partial charge on any atom is -0.477 e. The predicted molar refractivity (Wildman–Crippen MR) is 75.6 cm³/mol. The standard InChI is InChI=1S/C13H8Cl2N2O3/c14-8-2-1-3-9(15)11(8)12(18)17-7-4-5-10(13(19)20)16-6-7/h1-6H,(H,17,18)(H,19,20). The number of aromatic nitrogens is 1. The number of halogens is 2. The van der Waals surface area contributed by atoms with E-state index in [0.717, 1.165) is 0 Å². The van der Waals surface area contributed by atoms with Crippen molar-refractivity contribution < 1.29 is 14.7 Å². The summed E-state index contributed by atoms with van der Waals surface area (Å²) in [4.78, 5) is 26.4. The molecule has 1 aromatic carbocycles. The highest BCUT2D eigenvalue weighted by Gasteiger charge is 2.15. The summed E-state index contributed by atoms with van der Waals surface area (Å²) in [5, 5.41) is 11.7. The van der Waals surface area contributed by atoms with E-state index < -0.39 is 11.9 Å². The summed E-state index contributed by atoms with van der Waals surface area (Å²) >= 11 is 11.8. The quantitative estimate of drug-likeness (QED) is 0.911. The maximum atomic E-state index is 12.1. The van der Waals surface area contributed by atoms with Gasteiger partial charge >= 0.3 is 5.97 Å². The summed E-state index contributed by atoms with van der Waals surface area (Å²) in [6.07, 6.45) is 1.24. The van der Waals surface area contributed by atoms with Crippen molar-refractivity contribution >= 4 is 40.8 Å². The zero-order valence-electron chi connectivity index (χ0n) is 9.93. The molecule has 7 heteroatoms. The molecule has 1 heterocycles. The number of hydrogen-bond acceptors (Lipinski definition) is 3. The Morgan fingerprint density at radius 1 is 1.10 bits per heavy atom. The smallest absolute Gasteiger partial charge is 0.354 e. The van der Waals surface area contributed by atoms with E-state index in [2.05, 4.69) is 10.3 Å². The van der Waals surface area contributed by atoms with Crippen LogP contribution in [0.4, 0.5) is 5.69 Å². The second-order valence-electron chi connectivity index (χ2n) is 3.79. The third-order valence-corrected chi connectivity index (χ3v) is 3.06. The Morgan fingerprint density at radius 2 is 1.75 bits per heavy atom. The van der Waals surface area contributed by atoms with Crippen LogP contribution in [0.1, 0.15) is 20.8 Å². The number of rotatable bonds is 3. The van der Waals surface area contributed by atoms with Crippen LogP contribution in [0.25, 0.3) is 0 Å². The lowest BCUT2D eigenvalue weighted by Crippen LogP contribution is -2.13. The van der Waals surface area contributed by atoms with Crippen molar-refractivity contribution in [2.45, 2.75) is 0 Å². The van der Waals surface area contributed by atoms with Crippen molar-refractivity contribution in [2.24, 2.45) is 0 Å². The molecule has 5 nitrogen and oxygen atoms in total. The molecule has 0 aliphatic rings. The number of benzene rings is 1. The van der Waals surface area contributed by atoms with Gasteiger partial charge in [0.05, 0.1) is 27.5 Å². The predicted octanol–water partition coefficient (Wildman–Crippen LogP) is 3.34.